The standard InChI is InChI=1S/C28H23N3O5S/c1-28(2)20-9-8-18-21-25(37-23(18)22(20)36-27(28)33)30-24(31(26(21)32)12-16-11-29-13-35-16)17-7-6-15(34-3)10-19(17)14-4-5-14/h6-11,13-14H,4-5,12H2,1-3H3. The summed E-state index contributed by atoms with van der Waals surface area (Å²) in [4.78, 5) is 36.5. The summed E-state index contributed by atoms with van der Waals surface area (Å²) >= 11 is 1.38. The first-order valence-electron chi connectivity index (χ1n) is 12.2. The van der Waals surface area contributed by atoms with E-state index in [9.17, 15) is 9.59 Å². The molecule has 1 aliphatic carbocycles. The molecule has 1 saturated carbocycles. The van der Waals surface area contributed by atoms with Crippen molar-refractivity contribution in [2.75, 3.05) is 7.11 Å². The van der Waals surface area contributed by atoms with Crippen LogP contribution in [0.25, 0.3) is 31.7 Å². The van der Waals surface area contributed by atoms with Gasteiger partial charge in [-0.25, -0.2) is 9.97 Å². The second kappa shape index (κ2) is 7.76. The highest BCUT2D eigenvalue weighted by molar-refractivity contribution is 7.25. The topological polar surface area (TPSA) is 96.5 Å². The van der Waals surface area contributed by atoms with Gasteiger partial charge in [-0.2, -0.15) is 0 Å². The lowest BCUT2D eigenvalue weighted by Gasteiger charge is -2.15. The Labute approximate surface area is 215 Å². The van der Waals surface area contributed by atoms with Gasteiger partial charge in [0.05, 0.1) is 35.4 Å². The number of fused-ring (bicyclic) bond motifs is 5. The molecular formula is C28H23N3O5S. The van der Waals surface area contributed by atoms with Crippen molar-refractivity contribution in [2.45, 2.75) is 44.6 Å². The molecule has 5 aromatic rings. The average molecular weight is 514 g/mol. The first-order chi connectivity index (χ1) is 17.9. The van der Waals surface area contributed by atoms with Crippen LogP contribution in [0.1, 0.15) is 49.5 Å². The summed E-state index contributed by atoms with van der Waals surface area (Å²) in [6.07, 6.45) is 5.14. The summed E-state index contributed by atoms with van der Waals surface area (Å²) in [5.41, 5.74) is 1.92. The van der Waals surface area contributed by atoms with Crippen molar-refractivity contribution in [3.63, 3.8) is 0 Å². The highest BCUT2D eigenvalue weighted by atomic mass is 32.1. The van der Waals surface area contributed by atoms with Gasteiger partial charge in [-0.1, -0.05) is 12.1 Å². The Morgan fingerprint density at radius 1 is 1.19 bits per heavy atom. The van der Waals surface area contributed by atoms with Crippen molar-refractivity contribution in [3.05, 3.63) is 70.2 Å². The van der Waals surface area contributed by atoms with Crippen LogP contribution in [-0.4, -0.2) is 27.6 Å². The lowest BCUT2D eigenvalue weighted by atomic mass is 9.86. The zero-order chi connectivity index (χ0) is 25.5. The van der Waals surface area contributed by atoms with E-state index in [0.717, 1.165) is 45.4 Å². The first kappa shape index (κ1) is 22.2. The number of oxazole rings is 1. The molecule has 0 spiro atoms. The molecule has 37 heavy (non-hydrogen) atoms. The fraction of sp³-hybridized carbons (Fsp3) is 0.286. The largest absolute Gasteiger partial charge is 0.497 e. The summed E-state index contributed by atoms with van der Waals surface area (Å²) < 4.78 is 19.1. The summed E-state index contributed by atoms with van der Waals surface area (Å²) in [5, 5.41) is 1.24. The van der Waals surface area contributed by atoms with E-state index in [1.165, 1.54) is 17.7 Å². The number of benzene rings is 2. The van der Waals surface area contributed by atoms with Gasteiger partial charge in [0, 0.05) is 16.5 Å². The smallest absolute Gasteiger partial charge is 0.321 e. The molecule has 2 aromatic carbocycles. The number of thiophene rings is 1. The summed E-state index contributed by atoms with van der Waals surface area (Å²) in [7, 11) is 1.65. The molecule has 0 saturated heterocycles. The maximum atomic E-state index is 14.2. The molecule has 0 atom stereocenters. The van der Waals surface area contributed by atoms with E-state index in [1.807, 2.05) is 44.2 Å². The number of carbonyl (C=O) groups excluding carboxylic acids is 1. The van der Waals surface area contributed by atoms with E-state index in [2.05, 4.69) is 4.98 Å². The van der Waals surface area contributed by atoms with E-state index < -0.39 is 5.41 Å². The van der Waals surface area contributed by atoms with Crippen LogP contribution in [0.5, 0.6) is 11.5 Å². The van der Waals surface area contributed by atoms with Crippen molar-refractivity contribution >= 4 is 37.6 Å². The van der Waals surface area contributed by atoms with E-state index >= 15 is 0 Å². The number of rotatable bonds is 5. The summed E-state index contributed by atoms with van der Waals surface area (Å²) in [5.74, 6) is 2.54. The van der Waals surface area contributed by atoms with Gasteiger partial charge in [-0.3, -0.25) is 14.2 Å². The maximum Gasteiger partial charge on any atom is 0.321 e. The fourth-order valence-corrected chi connectivity index (χ4v) is 6.30. The van der Waals surface area contributed by atoms with Crippen molar-refractivity contribution in [3.8, 4) is 22.9 Å². The van der Waals surface area contributed by atoms with Crippen molar-refractivity contribution < 1.29 is 18.7 Å². The monoisotopic (exact) mass is 513 g/mol. The van der Waals surface area contributed by atoms with Crippen LogP contribution in [0.3, 0.4) is 0 Å². The molecule has 0 N–H and O–H groups in total. The SMILES string of the molecule is COc1ccc(-c2nc3sc4c5c(ccc4c3c(=O)n2Cc2cnco2)C(C)(C)C(=O)O5)c(C2CC2)c1. The van der Waals surface area contributed by atoms with Crippen molar-refractivity contribution in [1.82, 2.24) is 14.5 Å². The number of esters is 1. The van der Waals surface area contributed by atoms with Gasteiger partial charge >= 0.3 is 5.97 Å². The number of ether oxygens (including phenoxy) is 2. The summed E-state index contributed by atoms with van der Waals surface area (Å²) in [6, 6.07) is 9.71. The Morgan fingerprint density at radius 3 is 2.76 bits per heavy atom. The fourth-order valence-electron chi connectivity index (χ4n) is 5.15. The number of nitrogens with zero attached hydrogens (tertiary/aromatic N) is 3. The Kier molecular flexibility index (Phi) is 4.66. The molecule has 4 heterocycles. The number of aromatic nitrogens is 3. The Bertz CT molecular complexity index is 1790. The van der Waals surface area contributed by atoms with Crippen molar-refractivity contribution in [1.29, 1.82) is 0 Å². The minimum Gasteiger partial charge on any atom is -0.497 e. The van der Waals surface area contributed by atoms with Gasteiger partial charge in [-0.05, 0) is 56.4 Å². The molecule has 1 fully saturated rings. The minimum atomic E-state index is -0.743. The van der Waals surface area contributed by atoms with Gasteiger partial charge in [0.15, 0.2) is 12.1 Å². The van der Waals surface area contributed by atoms with E-state index in [1.54, 1.807) is 17.9 Å². The third-order valence-electron chi connectivity index (χ3n) is 7.41. The molecule has 0 unspecified atom stereocenters. The number of hydrogen-bond donors (Lipinski definition) is 0. The molecule has 9 heteroatoms. The molecule has 8 nitrogen and oxygen atoms in total. The average Bonchev–Trinajstić information content (AvgIpc) is 3.38. The van der Waals surface area contributed by atoms with Gasteiger partial charge in [0.2, 0.25) is 0 Å². The quantitative estimate of drug-likeness (QED) is 0.229. The number of hydrogen-bond acceptors (Lipinski definition) is 8. The van der Waals surface area contributed by atoms with Gasteiger partial charge < -0.3 is 13.9 Å². The summed E-state index contributed by atoms with van der Waals surface area (Å²) in [6.45, 7) is 3.89. The molecule has 0 bridgehead atoms. The van der Waals surface area contributed by atoms with E-state index in [4.69, 9.17) is 18.9 Å². The van der Waals surface area contributed by atoms with Crippen LogP contribution in [0.15, 0.2) is 52.1 Å². The Morgan fingerprint density at radius 2 is 2.03 bits per heavy atom. The number of methoxy groups -OCH3 is 1. The molecule has 2 aliphatic rings. The third kappa shape index (κ3) is 3.26. The zero-order valence-electron chi connectivity index (χ0n) is 20.5. The van der Waals surface area contributed by atoms with Crippen LogP contribution >= 0.6 is 11.3 Å². The second-order valence-corrected chi connectivity index (χ2v) is 11.1. The molecule has 3 aromatic heterocycles. The lowest BCUT2D eigenvalue weighted by Crippen LogP contribution is -2.25. The maximum absolute atomic E-state index is 14.2. The van der Waals surface area contributed by atoms with Crippen molar-refractivity contribution in [2.24, 2.45) is 0 Å². The zero-order valence-corrected chi connectivity index (χ0v) is 21.3. The van der Waals surface area contributed by atoms with E-state index in [0.29, 0.717) is 33.5 Å². The van der Waals surface area contributed by atoms with Gasteiger partial charge in [0.1, 0.15) is 22.2 Å². The molecule has 0 radical (unpaired) electrons. The molecule has 7 rings (SSSR count). The third-order valence-corrected chi connectivity index (χ3v) is 8.51. The normalized spacial score (nSPS) is 16.4. The Balaban J connectivity index is 1.53. The Hall–Kier alpha value is -3.98. The van der Waals surface area contributed by atoms with Gasteiger partial charge in [0.25, 0.3) is 5.56 Å². The molecule has 186 valence electrons. The molecule has 0 amide bonds. The van der Waals surface area contributed by atoms with Crippen LogP contribution in [0.4, 0.5) is 0 Å². The van der Waals surface area contributed by atoms with Crippen LogP contribution in [-0.2, 0) is 16.8 Å². The van der Waals surface area contributed by atoms with Crippen LogP contribution in [0, 0.1) is 0 Å². The molecule has 1 aliphatic heterocycles. The van der Waals surface area contributed by atoms with Crippen LogP contribution < -0.4 is 15.0 Å². The minimum absolute atomic E-state index is 0.177. The predicted molar refractivity (Wildman–Crippen MR) is 140 cm³/mol. The lowest BCUT2D eigenvalue weighted by molar-refractivity contribution is -0.137. The highest BCUT2D eigenvalue weighted by Gasteiger charge is 2.42. The molecular weight excluding hydrogens is 490 g/mol. The van der Waals surface area contributed by atoms with Crippen LogP contribution in [0.2, 0.25) is 0 Å². The predicted octanol–water partition coefficient (Wildman–Crippen LogP) is 5.40. The second-order valence-electron chi connectivity index (χ2n) is 10.1. The van der Waals surface area contributed by atoms with E-state index in [-0.39, 0.29) is 18.1 Å². The highest BCUT2D eigenvalue weighted by Crippen LogP contribution is 2.49. The first-order valence-corrected chi connectivity index (χ1v) is 13.0. The van der Waals surface area contributed by atoms with Gasteiger partial charge in [-0.15, -0.1) is 11.3 Å². The number of carbonyl (C=O) groups is 1.